The summed E-state index contributed by atoms with van der Waals surface area (Å²) in [7, 11) is 0. The van der Waals surface area contributed by atoms with Gasteiger partial charge in [-0.15, -0.1) is 12.4 Å². The first kappa shape index (κ1) is 17.7. The number of rotatable bonds is 4. The van der Waals surface area contributed by atoms with Gasteiger partial charge in [-0.05, 0) is 42.4 Å². The van der Waals surface area contributed by atoms with Crippen LogP contribution in [0.15, 0.2) is 24.5 Å². The van der Waals surface area contributed by atoms with Gasteiger partial charge in [0.2, 0.25) is 0 Å². The molecule has 1 saturated carbocycles. The fourth-order valence-electron chi connectivity index (χ4n) is 4.15. The number of piperazine rings is 1. The molecule has 1 aromatic heterocycles. The van der Waals surface area contributed by atoms with Crippen molar-refractivity contribution >= 4 is 12.4 Å². The molecule has 3 atom stereocenters. The summed E-state index contributed by atoms with van der Waals surface area (Å²) in [4.78, 5) is 6.88. The van der Waals surface area contributed by atoms with Crippen molar-refractivity contribution in [1.29, 1.82) is 0 Å². The first-order chi connectivity index (χ1) is 10.4. The van der Waals surface area contributed by atoms with Crippen LogP contribution in [0.1, 0.15) is 50.6 Å². The van der Waals surface area contributed by atoms with Crippen LogP contribution in [0.4, 0.5) is 0 Å². The van der Waals surface area contributed by atoms with E-state index in [4.69, 9.17) is 0 Å². The average molecular weight is 324 g/mol. The van der Waals surface area contributed by atoms with Gasteiger partial charge in [0.15, 0.2) is 0 Å². The zero-order chi connectivity index (χ0) is 14.5. The van der Waals surface area contributed by atoms with Crippen LogP contribution in [0.2, 0.25) is 0 Å². The summed E-state index contributed by atoms with van der Waals surface area (Å²) < 4.78 is 0. The summed E-state index contributed by atoms with van der Waals surface area (Å²) in [6, 6.07) is 4.89. The van der Waals surface area contributed by atoms with E-state index in [0.29, 0.717) is 6.04 Å². The van der Waals surface area contributed by atoms with E-state index in [1.54, 1.807) is 0 Å². The van der Waals surface area contributed by atoms with E-state index < -0.39 is 0 Å². The molecule has 0 radical (unpaired) electrons. The van der Waals surface area contributed by atoms with Crippen molar-refractivity contribution in [2.75, 3.05) is 26.2 Å². The van der Waals surface area contributed by atoms with E-state index in [1.807, 2.05) is 12.4 Å². The molecule has 1 aliphatic heterocycles. The molecule has 0 aromatic carbocycles. The minimum absolute atomic E-state index is 0. The topological polar surface area (TPSA) is 28.2 Å². The highest BCUT2D eigenvalue weighted by atomic mass is 35.5. The maximum absolute atomic E-state index is 4.16. The quantitative estimate of drug-likeness (QED) is 0.916. The average Bonchev–Trinajstić information content (AvgIpc) is 2.56. The lowest BCUT2D eigenvalue weighted by Crippen LogP contribution is -2.48. The van der Waals surface area contributed by atoms with Crippen LogP contribution in [-0.2, 0) is 0 Å². The Bertz CT molecular complexity index is 426. The van der Waals surface area contributed by atoms with Crippen LogP contribution in [0.5, 0.6) is 0 Å². The molecule has 0 amide bonds. The molecule has 1 aromatic rings. The Labute approximate surface area is 141 Å². The van der Waals surface area contributed by atoms with E-state index >= 15 is 0 Å². The molecular formula is C18H30ClN3. The predicted octanol–water partition coefficient (Wildman–Crippen LogP) is 3.67. The molecule has 3 unspecified atom stereocenters. The first-order valence-corrected chi connectivity index (χ1v) is 8.71. The van der Waals surface area contributed by atoms with Crippen molar-refractivity contribution in [2.24, 2.45) is 11.8 Å². The van der Waals surface area contributed by atoms with Gasteiger partial charge in [0.1, 0.15) is 0 Å². The molecule has 1 N–H and O–H groups in total. The number of halogens is 1. The van der Waals surface area contributed by atoms with E-state index in [-0.39, 0.29) is 12.4 Å². The zero-order valence-electron chi connectivity index (χ0n) is 13.7. The third-order valence-corrected chi connectivity index (χ3v) is 5.41. The third kappa shape index (κ3) is 4.43. The molecule has 124 valence electrons. The molecule has 22 heavy (non-hydrogen) atoms. The standard InChI is InChI=1S/C18H29N3.ClH/c1-2-15-4-3-5-16(12-15)14-21-11-10-20-13-18(21)17-6-8-19-9-7-17;/h6-9,15-16,18,20H,2-5,10-14H2,1H3;1H. The Morgan fingerprint density at radius 1 is 1.23 bits per heavy atom. The number of hydrogen-bond acceptors (Lipinski definition) is 3. The number of aromatic nitrogens is 1. The molecule has 3 rings (SSSR count). The first-order valence-electron chi connectivity index (χ1n) is 8.71. The van der Waals surface area contributed by atoms with E-state index in [0.717, 1.165) is 24.9 Å². The molecule has 3 nitrogen and oxygen atoms in total. The molecule has 2 fully saturated rings. The van der Waals surface area contributed by atoms with E-state index in [1.165, 1.54) is 50.8 Å². The van der Waals surface area contributed by atoms with Gasteiger partial charge < -0.3 is 5.32 Å². The van der Waals surface area contributed by atoms with Crippen LogP contribution in [0, 0.1) is 11.8 Å². The molecule has 2 heterocycles. The third-order valence-electron chi connectivity index (χ3n) is 5.41. The Morgan fingerprint density at radius 2 is 2.00 bits per heavy atom. The van der Waals surface area contributed by atoms with Crippen LogP contribution >= 0.6 is 12.4 Å². The van der Waals surface area contributed by atoms with Gasteiger partial charge >= 0.3 is 0 Å². The Morgan fingerprint density at radius 3 is 2.77 bits per heavy atom. The summed E-state index contributed by atoms with van der Waals surface area (Å²) in [5, 5.41) is 3.56. The SMILES string of the molecule is CCC1CCCC(CN2CCNCC2c2ccncc2)C1.Cl. The van der Waals surface area contributed by atoms with Gasteiger partial charge in [-0.25, -0.2) is 0 Å². The van der Waals surface area contributed by atoms with Crippen LogP contribution < -0.4 is 5.32 Å². The van der Waals surface area contributed by atoms with Crippen molar-refractivity contribution in [3.05, 3.63) is 30.1 Å². The fourth-order valence-corrected chi connectivity index (χ4v) is 4.15. The highest BCUT2D eigenvalue weighted by molar-refractivity contribution is 5.85. The van der Waals surface area contributed by atoms with Gasteiger partial charge in [0.25, 0.3) is 0 Å². The molecule has 2 aliphatic rings. The lowest BCUT2D eigenvalue weighted by Gasteiger charge is -2.40. The minimum atomic E-state index is 0. The molecule has 4 heteroatoms. The molecular weight excluding hydrogens is 294 g/mol. The minimum Gasteiger partial charge on any atom is -0.314 e. The van der Waals surface area contributed by atoms with Gasteiger partial charge in [-0.1, -0.05) is 26.2 Å². The molecule has 1 saturated heterocycles. The second-order valence-corrected chi connectivity index (χ2v) is 6.80. The number of nitrogens with one attached hydrogen (secondary N) is 1. The van der Waals surface area contributed by atoms with Crippen molar-refractivity contribution in [3.8, 4) is 0 Å². The maximum Gasteiger partial charge on any atom is 0.0474 e. The lowest BCUT2D eigenvalue weighted by molar-refractivity contribution is 0.111. The smallest absolute Gasteiger partial charge is 0.0474 e. The highest BCUT2D eigenvalue weighted by Gasteiger charge is 2.28. The zero-order valence-corrected chi connectivity index (χ0v) is 14.5. The number of nitrogens with zero attached hydrogens (tertiary/aromatic N) is 2. The van der Waals surface area contributed by atoms with Gasteiger partial charge in [-0.3, -0.25) is 9.88 Å². The summed E-state index contributed by atoms with van der Waals surface area (Å²) >= 11 is 0. The summed E-state index contributed by atoms with van der Waals surface area (Å²) in [6.45, 7) is 7.03. The second kappa shape index (κ2) is 8.85. The summed E-state index contributed by atoms with van der Waals surface area (Å²) in [5.74, 6) is 1.89. The van der Waals surface area contributed by atoms with Crippen LogP contribution in [0.3, 0.4) is 0 Å². The lowest BCUT2D eigenvalue weighted by atomic mass is 9.79. The predicted molar refractivity (Wildman–Crippen MR) is 94.4 cm³/mol. The Kier molecular flexibility index (Phi) is 7.13. The van der Waals surface area contributed by atoms with Crippen LogP contribution in [-0.4, -0.2) is 36.1 Å². The van der Waals surface area contributed by atoms with Crippen molar-refractivity contribution in [2.45, 2.75) is 45.1 Å². The van der Waals surface area contributed by atoms with Crippen molar-refractivity contribution < 1.29 is 0 Å². The number of hydrogen-bond donors (Lipinski definition) is 1. The molecule has 0 spiro atoms. The number of pyridine rings is 1. The Balaban J connectivity index is 0.00000176. The van der Waals surface area contributed by atoms with Crippen LogP contribution in [0.25, 0.3) is 0 Å². The Hall–Kier alpha value is -0.640. The summed E-state index contributed by atoms with van der Waals surface area (Å²) in [6.07, 6.45) is 11.0. The fraction of sp³-hybridized carbons (Fsp3) is 0.722. The normalized spacial score (nSPS) is 29.8. The second-order valence-electron chi connectivity index (χ2n) is 6.80. The van der Waals surface area contributed by atoms with Gasteiger partial charge in [0.05, 0.1) is 0 Å². The van der Waals surface area contributed by atoms with Gasteiger partial charge in [-0.2, -0.15) is 0 Å². The summed E-state index contributed by atoms with van der Waals surface area (Å²) in [5.41, 5.74) is 1.42. The van der Waals surface area contributed by atoms with Gasteiger partial charge in [0, 0.05) is 44.6 Å². The highest BCUT2D eigenvalue weighted by Crippen LogP contribution is 2.33. The van der Waals surface area contributed by atoms with Crippen molar-refractivity contribution in [3.63, 3.8) is 0 Å². The van der Waals surface area contributed by atoms with Crippen molar-refractivity contribution in [1.82, 2.24) is 15.2 Å². The van der Waals surface area contributed by atoms with E-state index in [9.17, 15) is 0 Å². The molecule has 0 bridgehead atoms. The molecule has 1 aliphatic carbocycles. The van der Waals surface area contributed by atoms with E-state index in [2.05, 4.69) is 34.3 Å². The largest absolute Gasteiger partial charge is 0.314 e. The monoisotopic (exact) mass is 323 g/mol. The maximum atomic E-state index is 4.16.